The Labute approximate surface area is 202 Å². The first-order valence-electron chi connectivity index (χ1n) is 12.3. The van der Waals surface area contributed by atoms with E-state index < -0.39 is 0 Å². The highest BCUT2D eigenvalue weighted by Gasteiger charge is 2.22. The normalized spacial score (nSPS) is 14.6. The van der Waals surface area contributed by atoms with Crippen LogP contribution in [0.4, 0.5) is 0 Å². The van der Waals surface area contributed by atoms with Crippen LogP contribution in [0.15, 0.2) is 72.8 Å². The Hall–Kier alpha value is -3.37. The molecule has 4 nitrogen and oxygen atoms in total. The number of aryl methyl sites for hydroxylation is 2. The second-order valence-electron chi connectivity index (χ2n) is 9.50. The zero-order chi connectivity index (χ0) is 23.5. The van der Waals surface area contributed by atoms with Crippen molar-refractivity contribution < 1.29 is 4.79 Å². The van der Waals surface area contributed by atoms with E-state index in [1.54, 1.807) is 0 Å². The van der Waals surface area contributed by atoms with Crippen LogP contribution in [0, 0.1) is 13.8 Å². The van der Waals surface area contributed by atoms with E-state index in [0.717, 1.165) is 51.1 Å². The van der Waals surface area contributed by atoms with Gasteiger partial charge in [-0.2, -0.15) is 0 Å². The third kappa shape index (κ3) is 4.92. The first-order valence-corrected chi connectivity index (χ1v) is 12.3. The minimum Gasteiger partial charge on any atom is -0.358 e. The van der Waals surface area contributed by atoms with Crippen molar-refractivity contribution in [1.29, 1.82) is 0 Å². The monoisotopic (exact) mass is 451 g/mol. The van der Waals surface area contributed by atoms with Gasteiger partial charge in [0.1, 0.15) is 0 Å². The third-order valence-electron chi connectivity index (χ3n) is 7.20. The number of aromatic amines is 1. The number of benzene rings is 3. The summed E-state index contributed by atoms with van der Waals surface area (Å²) < 4.78 is 0. The number of hydrogen-bond donors (Lipinski definition) is 1. The van der Waals surface area contributed by atoms with Gasteiger partial charge in [-0.05, 0) is 73.2 Å². The largest absolute Gasteiger partial charge is 0.358 e. The SMILES string of the molecule is Cc1[nH]c2ccc(Cc3ccc(C(=O)N4CCN(CCc5ccccc5)CC4)cc3)cc2c1C. The van der Waals surface area contributed by atoms with Gasteiger partial charge in [-0.15, -0.1) is 0 Å². The smallest absolute Gasteiger partial charge is 0.253 e. The van der Waals surface area contributed by atoms with Crippen molar-refractivity contribution in [3.63, 3.8) is 0 Å². The number of fused-ring (bicyclic) bond motifs is 1. The van der Waals surface area contributed by atoms with Crippen molar-refractivity contribution in [1.82, 2.24) is 14.8 Å². The average Bonchev–Trinajstić information content (AvgIpc) is 3.16. The van der Waals surface area contributed by atoms with Crippen LogP contribution >= 0.6 is 0 Å². The van der Waals surface area contributed by atoms with Gasteiger partial charge in [-0.3, -0.25) is 9.69 Å². The fraction of sp³-hybridized carbons (Fsp3) is 0.300. The van der Waals surface area contributed by atoms with Crippen LogP contribution in [0.25, 0.3) is 10.9 Å². The van der Waals surface area contributed by atoms with Gasteiger partial charge in [0.15, 0.2) is 0 Å². The minimum atomic E-state index is 0.147. The second-order valence-corrected chi connectivity index (χ2v) is 9.50. The number of hydrogen-bond acceptors (Lipinski definition) is 2. The molecule has 4 heteroatoms. The summed E-state index contributed by atoms with van der Waals surface area (Å²) in [6.45, 7) is 8.81. The highest BCUT2D eigenvalue weighted by Crippen LogP contribution is 2.24. The molecular formula is C30H33N3O. The van der Waals surface area contributed by atoms with Gasteiger partial charge in [0, 0.05) is 54.9 Å². The predicted octanol–water partition coefficient (Wildman–Crippen LogP) is 5.38. The van der Waals surface area contributed by atoms with Crippen molar-refractivity contribution >= 4 is 16.8 Å². The molecule has 5 rings (SSSR count). The summed E-state index contributed by atoms with van der Waals surface area (Å²) in [5.74, 6) is 0.147. The Morgan fingerprint density at radius 3 is 2.26 bits per heavy atom. The van der Waals surface area contributed by atoms with Crippen LogP contribution in [0.1, 0.15) is 38.3 Å². The molecule has 0 aliphatic carbocycles. The molecule has 0 spiro atoms. The molecule has 1 aliphatic rings. The van der Waals surface area contributed by atoms with Crippen LogP contribution in [-0.2, 0) is 12.8 Å². The van der Waals surface area contributed by atoms with E-state index >= 15 is 0 Å². The number of carbonyl (C=O) groups is 1. The molecule has 1 amide bonds. The van der Waals surface area contributed by atoms with Gasteiger partial charge in [-0.1, -0.05) is 48.5 Å². The van der Waals surface area contributed by atoms with E-state index in [4.69, 9.17) is 0 Å². The second kappa shape index (κ2) is 9.86. The number of aromatic nitrogens is 1. The zero-order valence-electron chi connectivity index (χ0n) is 20.2. The van der Waals surface area contributed by atoms with Gasteiger partial charge in [0.25, 0.3) is 5.91 Å². The molecule has 1 fully saturated rings. The summed E-state index contributed by atoms with van der Waals surface area (Å²) in [5.41, 5.74) is 8.42. The van der Waals surface area contributed by atoms with E-state index in [1.807, 2.05) is 17.0 Å². The summed E-state index contributed by atoms with van der Waals surface area (Å²) in [5, 5.41) is 1.30. The van der Waals surface area contributed by atoms with Gasteiger partial charge >= 0.3 is 0 Å². The highest BCUT2D eigenvalue weighted by molar-refractivity contribution is 5.94. The summed E-state index contributed by atoms with van der Waals surface area (Å²) in [7, 11) is 0. The molecule has 1 aliphatic heterocycles. The quantitative estimate of drug-likeness (QED) is 0.428. The molecule has 1 N–H and O–H groups in total. The van der Waals surface area contributed by atoms with Crippen LogP contribution in [0.2, 0.25) is 0 Å². The molecule has 1 aromatic heterocycles. The lowest BCUT2D eigenvalue weighted by Crippen LogP contribution is -2.49. The molecule has 1 saturated heterocycles. The van der Waals surface area contributed by atoms with E-state index in [1.165, 1.54) is 38.9 Å². The van der Waals surface area contributed by atoms with Crippen LogP contribution in [-0.4, -0.2) is 53.4 Å². The number of nitrogens with zero attached hydrogens (tertiary/aromatic N) is 2. The highest BCUT2D eigenvalue weighted by atomic mass is 16.2. The molecule has 3 aromatic carbocycles. The maximum absolute atomic E-state index is 13.0. The molecule has 4 aromatic rings. The minimum absolute atomic E-state index is 0.147. The molecule has 0 bridgehead atoms. The molecule has 34 heavy (non-hydrogen) atoms. The summed E-state index contributed by atoms with van der Waals surface area (Å²) >= 11 is 0. The number of nitrogens with one attached hydrogen (secondary N) is 1. The van der Waals surface area contributed by atoms with Crippen LogP contribution in [0.5, 0.6) is 0 Å². The third-order valence-corrected chi connectivity index (χ3v) is 7.20. The lowest BCUT2D eigenvalue weighted by atomic mass is 10.0. The summed E-state index contributed by atoms with van der Waals surface area (Å²) in [6.07, 6.45) is 1.93. The lowest BCUT2D eigenvalue weighted by Gasteiger charge is -2.34. The number of carbonyl (C=O) groups excluding carboxylic acids is 1. The van der Waals surface area contributed by atoms with E-state index in [0.29, 0.717) is 0 Å². The van der Waals surface area contributed by atoms with Crippen molar-refractivity contribution in [2.24, 2.45) is 0 Å². The van der Waals surface area contributed by atoms with Crippen molar-refractivity contribution in [3.8, 4) is 0 Å². The Morgan fingerprint density at radius 2 is 1.53 bits per heavy atom. The standard InChI is InChI=1S/C30H33N3O/c1-22-23(2)31-29-13-10-26(21-28(22)29)20-25-8-11-27(12-9-25)30(34)33-18-16-32(17-19-33)15-14-24-6-4-3-5-7-24/h3-13,21,31H,14-20H2,1-2H3. The molecular weight excluding hydrogens is 418 g/mol. The molecule has 0 atom stereocenters. The lowest BCUT2D eigenvalue weighted by molar-refractivity contribution is 0.0638. The van der Waals surface area contributed by atoms with Crippen molar-refractivity contribution in [3.05, 3.63) is 106 Å². The first-order chi connectivity index (χ1) is 16.6. The van der Waals surface area contributed by atoms with Crippen molar-refractivity contribution in [2.75, 3.05) is 32.7 Å². The molecule has 2 heterocycles. The van der Waals surface area contributed by atoms with Crippen LogP contribution < -0.4 is 0 Å². The fourth-order valence-electron chi connectivity index (χ4n) is 4.91. The molecule has 0 unspecified atom stereocenters. The van der Waals surface area contributed by atoms with Crippen molar-refractivity contribution in [2.45, 2.75) is 26.7 Å². The Bertz CT molecular complexity index is 1270. The molecule has 174 valence electrons. The number of rotatable bonds is 6. The maximum atomic E-state index is 13.0. The van der Waals surface area contributed by atoms with Gasteiger partial charge in [0.05, 0.1) is 0 Å². The zero-order valence-corrected chi connectivity index (χ0v) is 20.2. The molecule has 0 radical (unpaired) electrons. The fourth-order valence-corrected chi connectivity index (χ4v) is 4.91. The molecule has 0 saturated carbocycles. The van der Waals surface area contributed by atoms with E-state index in [2.05, 4.69) is 84.4 Å². The number of piperazine rings is 1. The average molecular weight is 452 g/mol. The topological polar surface area (TPSA) is 39.3 Å². The van der Waals surface area contributed by atoms with Gasteiger partial charge < -0.3 is 9.88 Å². The van der Waals surface area contributed by atoms with E-state index in [9.17, 15) is 4.79 Å². The van der Waals surface area contributed by atoms with Crippen LogP contribution in [0.3, 0.4) is 0 Å². The summed E-state index contributed by atoms with van der Waals surface area (Å²) in [4.78, 5) is 20.9. The number of H-pyrrole nitrogens is 1. The first kappa shape index (κ1) is 22.4. The number of amides is 1. The van der Waals surface area contributed by atoms with Gasteiger partial charge in [0.2, 0.25) is 0 Å². The Kier molecular flexibility index (Phi) is 6.50. The van der Waals surface area contributed by atoms with E-state index in [-0.39, 0.29) is 5.91 Å². The Balaban J connectivity index is 1.15. The summed E-state index contributed by atoms with van der Waals surface area (Å²) in [6, 6.07) is 25.4. The Morgan fingerprint density at radius 1 is 0.824 bits per heavy atom. The maximum Gasteiger partial charge on any atom is 0.253 e. The predicted molar refractivity (Wildman–Crippen MR) is 140 cm³/mol. The van der Waals surface area contributed by atoms with Gasteiger partial charge in [-0.25, -0.2) is 0 Å².